The fourth-order valence-corrected chi connectivity index (χ4v) is 4.93. The van der Waals surface area contributed by atoms with E-state index in [2.05, 4.69) is 24.0 Å². The van der Waals surface area contributed by atoms with Gasteiger partial charge in [-0.3, -0.25) is 9.69 Å². The Balaban J connectivity index is 1.70. The Morgan fingerprint density at radius 2 is 2.03 bits per heavy atom. The van der Waals surface area contributed by atoms with Crippen molar-refractivity contribution in [3.05, 3.63) is 75.8 Å². The fourth-order valence-electron chi connectivity index (χ4n) is 3.40. The summed E-state index contributed by atoms with van der Waals surface area (Å²) in [5.74, 6) is -0.207. The van der Waals surface area contributed by atoms with E-state index >= 15 is 0 Å². The van der Waals surface area contributed by atoms with Gasteiger partial charge in [0, 0.05) is 30.5 Å². The molecular weight excluding hydrogens is 439 g/mol. The van der Waals surface area contributed by atoms with Crippen LogP contribution < -0.4 is 4.90 Å². The SMILES string of the molecule is Cc1cc(C)c2nc(N(CCCn3ccnc3)C(=O)c3cc(Cl)ccc3Cl)sc2c1. The van der Waals surface area contributed by atoms with E-state index in [-0.39, 0.29) is 5.91 Å². The largest absolute Gasteiger partial charge is 0.337 e. The van der Waals surface area contributed by atoms with Crippen LogP contribution in [0.3, 0.4) is 0 Å². The summed E-state index contributed by atoms with van der Waals surface area (Å²) in [5.41, 5.74) is 3.56. The summed E-state index contributed by atoms with van der Waals surface area (Å²) >= 11 is 14.0. The molecule has 0 unspecified atom stereocenters. The molecule has 0 saturated carbocycles. The average Bonchev–Trinajstić information content (AvgIpc) is 3.36. The summed E-state index contributed by atoms with van der Waals surface area (Å²) in [6, 6.07) is 9.13. The Morgan fingerprint density at radius 3 is 2.80 bits per heavy atom. The number of fused-ring (bicyclic) bond motifs is 1. The van der Waals surface area contributed by atoms with E-state index in [0.29, 0.717) is 27.3 Å². The predicted molar refractivity (Wildman–Crippen MR) is 124 cm³/mol. The summed E-state index contributed by atoms with van der Waals surface area (Å²) in [5, 5.41) is 1.50. The standard InChI is InChI=1S/C22H20Cl2N4OS/c1-14-10-15(2)20-19(11-14)30-22(26-20)28(8-3-7-27-9-6-25-13-27)21(29)17-12-16(23)4-5-18(17)24/h4-6,9-13H,3,7-8H2,1-2H3. The van der Waals surface area contributed by atoms with Gasteiger partial charge in [0.15, 0.2) is 5.13 Å². The van der Waals surface area contributed by atoms with Gasteiger partial charge in [0.1, 0.15) is 0 Å². The Bertz CT molecular complexity index is 1200. The van der Waals surface area contributed by atoms with E-state index in [0.717, 1.165) is 28.7 Å². The Hall–Kier alpha value is -2.41. The van der Waals surface area contributed by atoms with Crippen LogP contribution in [-0.2, 0) is 6.54 Å². The molecule has 0 spiro atoms. The molecule has 4 rings (SSSR count). The lowest BCUT2D eigenvalue weighted by Crippen LogP contribution is -2.32. The molecule has 4 aromatic rings. The number of thiazole rings is 1. The maximum atomic E-state index is 13.5. The van der Waals surface area contributed by atoms with E-state index < -0.39 is 0 Å². The monoisotopic (exact) mass is 458 g/mol. The minimum absolute atomic E-state index is 0.207. The first-order valence-electron chi connectivity index (χ1n) is 9.53. The number of rotatable bonds is 6. The summed E-state index contributed by atoms with van der Waals surface area (Å²) in [6.07, 6.45) is 6.16. The highest BCUT2D eigenvalue weighted by molar-refractivity contribution is 7.22. The normalized spacial score (nSPS) is 11.2. The Morgan fingerprint density at radius 1 is 1.20 bits per heavy atom. The Kier molecular flexibility index (Phi) is 6.09. The summed E-state index contributed by atoms with van der Waals surface area (Å²) in [7, 11) is 0. The number of halogens is 2. The van der Waals surface area contributed by atoms with Crippen LogP contribution in [0, 0.1) is 13.8 Å². The zero-order chi connectivity index (χ0) is 21.3. The predicted octanol–water partition coefficient (Wildman–Crippen LogP) is 6.15. The number of carbonyl (C=O) groups is 1. The van der Waals surface area contributed by atoms with Crippen LogP contribution in [0.25, 0.3) is 10.2 Å². The molecule has 0 bridgehead atoms. The van der Waals surface area contributed by atoms with Crippen molar-refractivity contribution < 1.29 is 4.79 Å². The van der Waals surface area contributed by atoms with Gasteiger partial charge >= 0.3 is 0 Å². The van der Waals surface area contributed by atoms with E-state index in [1.807, 2.05) is 17.7 Å². The van der Waals surface area contributed by atoms with E-state index in [1.54, 1.807) is 35.6 Å². The molecule has 1 amide bonds. The number of aryl methyl sites for hydroxylation is 3. The van der Waals surface area contributed by atoms with Gasteiger partial charge in [-0.2, -0.15) is 0 Å². The lowest BCUT2D eigenvalue weighted by atomic mass is 10.1. The molecule has 30 heavy (non-hydrogen) atoms. The minimum atomic E-state index is -0.207. The highest BCUT2D eigenvalue weighted by atomic mass is 35.5. The number of benzene rings is 2. The van der Waals surface area contributed by atoms with Crippen LogP contribution in [0.5, 0.6) is 0 Å². The smallest absolute Gasteiger partial charge is 0.261 e. The summed E-state index contributed by atoms with van der Waals surface area (Å²) in [4.78, 5) is 24.0. The minimum Gasteiger partial charge on any atom is -0.337 e. The van der Waals surface area contributed by atoms with Crippen LogP contribution in [0.2, 0.25) is 10.0 Å². The van der Waals surface area contributed by atoms with Crippen molar-refractivity contribution in [2.24, 2.45) is 0 Å². The second-order valence-electron chi connectivity index (χ2n) is 7.16. The van der Waals surface area contributed by atoms with Crippen molar-refractivity contribution in [3.63, 3.8) is 0 Å². The van der Waals surface area contributed by atoms with Crippen molar-refractivity contribution in [3.8, 4) is 0 Å². The molecular formula is C22H20Cl2N4OS. The molecule has 0 atom stereocenters. The molecule has 8 heteroatoms. The first-order chi connectivity index (χ1) is 14.4. The van der Waals surface area contributed by atoms with E-state index in [9.17, 15) is 4.79 Å². The topological polar surface area (TPSA) is 51.0 Å². The third kappa shape index (κ3) is 4.36. The maximum absolute atomic E-state index is 13.5. The molecule has 0 radical (unpaired) electrons. The van der Waals surface area contributed by atoms with Crippen LogP contribution in [0.15, 0.2) is 49.1 Å². The molecule has 0 N–H and O–H groups in total. The lowest BCUT2D eigenvalue weighted by Gasteiger charge is -2.21. The number of imidazole rings is 1. The average molecular weight is 459 g/mol. The molecule has 2 aromatic carbocycles. The third-order valence-electron chi connectivity index (χ3n) is 4.81. The quantitative estimate of drug-likeness (QED) is 0.347. The highest BCUT2D eigenvalue weighted by Crippen LogP contribution is 2.33. The second kappa shape index (κ2) is 8.76. The molecule has 5 nitrogen and oxygen atoms in total. The van der Waals surface area contributed by atoms with E-state index in [1.165, 1.54) is 16.9 Å². The number of anilines is 1. The zero-order valence-corrected chi connectivity index (χ0v) is 18.9. The second-order valence-corrected chi connectivity index (χ2v) is 9.01. The molecule has 0 fully saturated rings. The summed E-state index contributed by atoms with van der Waals surface area (Å²) < 4.78 is 3.05. The van der Waals surface area contributed by atoms with Gasteiger partial charge in [-0.15, -0.1) is 0 Å². The lowest BCUT2D eigenvalue weighted by molar-refractivity contribution is 0.0986. The fraction of sp³-hybridized carbons (Fsp3) is 0.227. The number of nitrogens with zero attached hydrogens (tertiary/aromatic N) is 4. The van der Waals surface area contributed by atoms with Gasteiger partial charge in [-0.25, -0.2) is 9.97 Å². The zero-order valence-electron chi connectivity index (χ0n) is 16.6. The first kappa shape index (κ1) is 20.8. The number of aromatic nitrogens is 3. The molecule has 2 aromatic heterocycles. The van der Waals surface area contributed by atoms with Crippen molar-refractivity contribution in [2.75, 3.05) is 11.4 Å². The van der Waals surface area contributed by atoms with Gasteiger partial charge in [0.2, 0.25) is 0 Å². The van der Waals surface area contributed by atoms with Gasteiger partial charge in [0.05, 0.1) is 27.1 Å². The summed E-state index contributed by atoms with van der Waals surface area (Å²) in [6.45, 7) is 5.34. The van der Waals surface area contributed by atoms with Gasteiger partial charge in [-0.1, -0.05) is 40.6 Å². The van der Waals surface area contributed by atoms with Crippen LogP contribution in [0.1, 0.15) is 27.9 Å². The van der Waals surface area contributed by atoms with E-state index in [4.69, 9.17) is 28.2 Å². The van der Waals surface area contributed by atoms with Crippen molar-refractivity contribution in [1.82, 2.24) is 14.5 Å². The van der Waals surface area contributed by atoms with Crippen LogP contribution in [-0.4, -0.2) is 27.0 Å². The van der Waals surface area contributed by atoms with Gasteiger partial charge in [0.25, 0.3) is 5.91 Å². The van der Waals surface area contributed by atoms with Crippen LogP contribution >= 0.6 is 34.5 Å². The Labute approximate surface area is 188 Å². The first-order valence-corrected chi connectivity index (χ1v) is 11.1. The van der Waals surface area contributed by atoms with Crippen molar-refractivity contribution >= 4 is 55.8 Å². The maximum Gasteiger partial charge on any atom is 0.261 e. The third-order valence-corrected chi connectivity index (χ3v) is 6.40. The molecule has 0 aliphatic carbocycles. The van der Waals surface area contributed by atoms with Crippen LogP contribution in [0.4, 0.5) is 5.13 Å². The van der Waals surface area contributed by atoms with Gasteiger partial charge in [-0.05, 0) is 55.7 Å². The molecule has 0 aliphatic rings. The number of amides is 1. The van der Waals surface area contributed by atoms with Gasteiger partial charge < -0.3 is 4.57 Å². The molecule has 154 valence electrons. The number of carbonyl (C=O) groups excluding carboxylic acids is 1. The number of hydrogen-bond acceptors (Lipinski definition) is 4. The van der Waals surface area contributed by atoms with Crippen molar-refractivity contribution in [1.29, 1.82) is 0 Å². The highest BCUT2D eigenvalue weighted by Gasteiger charge is 2.23. The molecule has 0 saturated heterocycles. The van der Waals surface area contributed by atoms with Crippen molar-refractivity contribution in [2.45, 2.75) is 26.8 Å². The molecule has 2 heterocycles. The molecule has 0 aliphatic heterocycles. The number of hydrogen-bond donors (Lipinski definition) is 0.